The van der Waals surface area contributed by atoms with E-state index in [4.69, 9.17) is 5.11 Å². The minimum absolute atomic E-state index is 0.213. The molecule has 0 bridgehead atoms. The number of para-hydroxylation sites is 1. The Bertz CT molecular complexity index is 1190. The summed E-state index contributed by atoms with van der Waals surface area (Å²) >= 11 is 0. The second kappa shape index (κ2) is 8.75. The molecule has 3 aromatic carbocycles. The van der Waals surface area contributed by atoms with Crippen LogP contribution in [0.4, 0.5) is 11.4 Å². The van der Waals surface area contributed by atoms with Gasteiger partial charge in [-0.05, 0) is 54.3 Å². The average molecular weight is 426 g/mol. The number of hydrogen-bond acceptors (Lipinski definition) is 5. The van der Waals surface area contributed by atoms with Crippen molar-refractivity contribution < 1.29 is 23.2 Å². The molecule has 154 valence electrons. The molecule has 30 heavy (non-hydrogen) atoms. The lowest BCUT2D eigenvalue weighted by Gasteiger charge is -2.10. The van der Waals surface area contributed by atoms with Crippen LogP contribution in [0.15, 0.2) is 77.7 Å². The molecular weight excluding hydrogens is 408 g/mol. The number of nitrogens with one attached hydrogen (secondary N) is 1. The smallest absolute Gasteiger partial charge is 0.335 e. The summed E-state index contributed by atoms with van der Waals surface area (Å²) in [4.78, 5) is 20.9. The topological polar surface area (TPSA) is 127 Å². The van der Waals surface area contributed by atoms with Gasteiger partial charge in [0, 0.05) is 11.8 Å². The molecule has 0 atom stereocenters. The van der Waals surface area contributed by atoms with Crippen LogP contribution >= 0.6 is 0 Å². The van der Waals surface area contributed by atoms with E-state index in [1.54, 1.807) is 30.3 Å². The van der Waals surface area contributed by atoms with Crippen LogP contribution in [0, 0.1) is 10.1 Å². The maximum Gasteiger partial charge on any atom is 0.335 e. The molecule has 0 aliphatic carbocycles. The van der Waals surface area contributed by atoms with Crippen molar-refractivity contribution in [2.45, 2.75) is 17.7 Å². The summed E-state index contributed by atoms with van der Waals surface area (Å²) in [7, 11) is -4.13. The predicted molar refractivity (Wildman–Crippen MR) is 111 cm³/mol. The highest BCUT2D eigenvalue weighted by molar-refractivity contribution is 7.92. The molecule has 0 amide bonds. The SMILES string of the molecule is O=C(O)c1ccc(CCc2cccc(NS(=O)(=O)c3ccccc3[N+](=O)[O-])c2)cc1. The minimum atomic E-state index is -4.13. The van der Waals surface area contributed by atoms with Gasteiger partial charge in [-0.15, -0.1) is 0 Å². The third kappa shape index (κ3) is 5.00. The molecule has 0 saturated heterocycles. The Morgan fingerprint density at radius 3 is 2.27 bits per heavy atom. The van der Waals surface area contributed by atoms with E-state index in [2.05, 4.69) is 4.72 Å². The number of carboxylic acids is 1. The molecule has 0 heterocycles. The molecule has 0 radical (unpaired) electrons. The fraction of sp³-hybridized carbons (Fsp3) is 0.0952. The second-order valence-corrected chi connectivity index (χ2v) is 8.18. The number of hydrogen-bond donors (Lipinski definition) is 2. The molecule has 8 nitrogen and oxygen atoms in total. The number of nitro groups is 1. The fourth-order valence-corrected chi connectivity index (χ4v) is 4.16. The first-order valence-electron chi connectivity index (χ1n) is 8.94. The Morgan fingerprint density at radius 1 is 0.933 bits per heavy atom. The molecule has 2 N–H and O–H groups in total. The molecule has 0 unspecified atom stereocenters. The van der Waals surface area contributed by atoms with Crippen molar-refractivity contribution in [2.75, 3.05) is 4.72 Å². The van der Waals surface area contributed by atoms with Gasteiger partial charge in [-0.1, -0.05) is 36.4 Å². The number of sulfonamides is 1. The summed E-state index contributed by atoms with van der Waals surface area (Å²) in [6.07, 6.45) is 1.24. The van der Waals surface area contributed by atoms with Gasteiger partial charge in [0.25, 0.3) is 15.7 Å². The molecule has 0 spiro atoms. The molecular formula is C21H18N2O6S. The number of anilines is 1. The van der Waals surface area contributed by atoms with Crippen molar-refractivity contribution in [3.63, 3.8) is 0 Å². The van der Waals surface area contributed by atoms with Crippen LogP contribution in [0.3, 0.4) is 0 Å². The Labute approximate surface area is 173 Å². The van der Waals surface area contributed by atoms with Crippen LogP contribution in [0.1, 0.15) is 21.5 Å². The van der Waals surface area contributed by atoms with Crippen LogP contribution in [0.2, 0.25) is 0 Å². The molecule has 0 saturated carbocycles. The molecule has 0 fully saturated rings. The third-order valence-electron chi connectivity index (χ3n) is 4.43. The van der Waals surface area contributed by atoms with E-state index in [1.807, 2.05) is 6.07 Å². The first kappa shape index (κ1) is 21.0. The summed E-state index contributed by atoms with van der Waals surface area (Å²) in [5.41, 5.74) is 1.83. The number of nitrogens with zero attached hydrogens (tertiary/aromatic N) is 1. The lowest BCUT2D eigenvalue weighted by molar-refractivity contribution is -0.387. The van der Waals surface area contributed by atoms with Crippen LogP contribution < -0.4 is 4.72 Å². The van der Waals surface area contributed by atoms with Crippen LogP contribution in [-0.4, -0.2) is 24.4 Å². The van der Waals surface area contributed by atoms with E-state index < -0.39 is 31.5 Å². The Balaban J connectivity index is 1.74. The maximum atomic E-state index is 12.6. The minimum Gasteiger partial charge on any atom is -0.478 e. The average Bonchev–Trinajstić information content (AvgIpc) is 2.72. The number of rotatable bonds is 8. The second-order valence-electron chi connectivity index (χ2n) is 6.53. The zero-order valence-electron chi connectivity index (χ0n) is 15.7. The number of nitro benzene ring substituents is 1. The van der Waals surface area contributed by atoms with Crippen molar-refractivity contribution in [1.29, 1.82) is 0 Å². The fourth-order valence-electron chi connectivity index (χ4n) is 2.94. The molecule has 9 heteroatoms. The Kier molecular flexibility index (Phi) is 6.12. The summed E-state index contributed by atoms with van der Waals surface area (Å²) < 4.78 is 27.7. The highest BCUT2D eigenvalue weighted by Gasteiger charge is 2.25. The van der Waals surface area contributed by atoms with E-state index in [1.165, 1.54) is 30.3 Å². The van der Waals surface area contributed by atoms with Gasteiger partial charge >= 0.3 is 5.97 Å². The van der Waals surface area contributed by atoms with Crippen molar-refractivity contribution in [3.05, 3.63) is 99.6 Å². The largest absolute Gasteiger partial charge is 0.478 e. The maximum absolute atomic E-state index is 12.6. The highest BCUT2D eigenvalue weighted by Crippen LogP contribution is 2.25. The normalized spacial score (nSPS) is 11.1. The first-order valence-corrected chi connectivity index (χ1v) is 10.4. The third-order valence-corrected chi connectivity index (χ3v) is 5.86. The number of benzene rings is 3. The van der Waals surface area contributed by atoms with Gasteiger partial charge in [-0.2, -0.15) is 0 Å². The quantitative estimate of drug-likeness (QED) is 0.416. The van der Waals surface area contributed by atoms with Crippen LogP contribution in [-0.2, 0) is 22.9 Å². The van der Waals surface area contributed by atoms with Crippen molar-refractivity contribution >= 4 is 27.4 Å². The summed E-state index contributed by atoms with van der Waals surface area (Å²) in [5.74, 6) is -0.986. The predicted octanol–water partition coefficient (Wildman–Crippen LogP) is 3.88. The molecule has 0 aliphatic heterocycles. The Morgan fingerprint density at radius 2 is 1.60 bits per heavy atom. The molecule has 3 aromatic rings. The van der Waals surface area contributed by atoms with Gasteiger partial charge in [0.15, 0.2) is 4.90 Å². The number of aromatic carboxylic acids is 1. The van der Waals surface area contributed by atoms with Crippen molar-refractivity contribution in [2.24, 2.45) is 0 Å². The summed E-state index contributed by atoms with van der Waals surface area (Å²) in [6, 6.07) is 18.5. The van der Waals surface area contributed by atoms with E-state index in [0.29, 0.717) is 18.5 Å². The van der Waals surface area contributed by atoms with Gasteiger partial charge in [0.05, 0.1) is 10.5 Å². The molecule has 0 aliphatic rings. The van der Waals surface area contributed by atoms with Gasteiger partial charge in [0.1, 0.15) is 0 Å². The standard InChI is InChI=1S/C21H18N2O6S/c24-21(25)17-12-10-15(11-13-17)8-9-16-4-3-5-18(14-16)22-30(28,29)20-7-2-1-6-19(20)23(26)27/h1-7,10-14,22H,8-9H2,(H,24,25). The lowest BCUT2D eigenvalue weighted by atomic mass is 10.0. The van der Waals surface area contributed by atoms with Gasteiger partial charge in [-0.3, -0.25) is 14.8 Å². The zero-order chi connectivity index (χ0) is 21.7. The number of carboxylic acid groups (broad SMARTS) is 1. The summed E-state index contributed by atoms with van der Waals surface area (Å²) in [5, 5.41) is 20.1. The van der Waals surface area contributed by atoms with Crippen molar-refractivity contribution in [1.82, 2.24) is 0 Å². The number of aryl methyl sites for hydroxylation is 2. The van der Waals surface area contributed by atoms with E-state index in [9.17, 15) is 23.3 Å². The molecule has 3 rings (SSSR count). The van der Waals surface area contributed by atoms with E-state index in [0.717, 1.165) is 17.2 Å². The van der Waals surface area contributed by atoms with E-state index in [-0.39, 0.29) is 5.56 Å². The summed E-state index contributed by atoms with van der Waals surface area (Å²) in [6.45, 7) is 0. The highest BCUT2D eigenvalue weighted by atomic mass is 32.2. The van der Waals surface area contributed by atoms with Crippen molar-refractivity contribution in [3.8, 4) is 0 Å². The van der Waals surface area contributed by atoms with Crippen LogP contribution in [0.25, 0.3) is 0 Å². The number of carbonyl (C=O) groups is 1. The molecule has 0 aromatic heterocycles. The van der Waals surface area contributed by atoms with E-state index >= 15 is 0 Å². The first-order chi connectivity index (χ1) is 14.3. The van der Waals surface area contributed by atoms with Gasteiger partial charge in [0.2, 0.25) is 0 Å². The van der Waals surface area contributed by atoms with Crippen LogP contribution in [0.5, 0.6) is 0 Å². The zero-order valence-corrected chi connectivity index (χ0v) is 16.5. The lowest BCUT2D eigenvalue weighted by Crippen LogP contribution is -2.14. The monoisotopic (exact) mass is 426 g/mol. The van der Waals surface area contributed by atoms with Gasteiger partial charge < -0.3 is 5.11 Å². The Hall–Kier alpha value is -3.72. The van der Waals surface area contributed by atoms with Gasteiger partial charge in [-0.25, -0.2) is 13.2 Å².